The minimum Gasteiger partial charge on any atom is -0.324 e. The SMILES string of the molecule is CC(C)[C@H](N=C1NS(=O)(=O)c2ccccc21)C(=O)Nc1ccncc1. The second-order valence-electron chi connectivity index (χ2n) is 5.99. The van der Waals surface area contributed by atoms with Crippen molar-refractivity contribution in [2.75, 3.05) is 5.32 Å². The van der Waals surface area contributed by atoms with Crippen molar-refractivity contribution >= 4 is 27.5 Å². The first-order valence-corrected chi connectivity index (χ1v) is 9.28. The zero-order chi connectivity index (χ0) is 18.0. The number of nitrogens with zero attached hydrogens (tertiary/aromatic N) is 2. The van der Waals surface area contributed by atoms with Crippen molar-refractivity contribution in [3.05, 3.63) is 54.4 Å². The second kappa shape index (κ2) is 6.64. The average molecular weight is 358 g/mol. The van der Waals surface area contributed by atoms with Crippen LogP contribution in [0.2, 0.25) is 0 Å². The number of aromatic nitrogens is 1. The van der Waals surface area contributed by atoms with E-state index in [4.69, 9.17) is 0 Å². The molecule has 7 nitrogen and oxygen atoms in total. The molecule has 0 bridgehead atoms. The van der Waals surface area contributed by atoms with Gasteiger partial charge in [-0.3, -0.25) is 19.5 Å². The summed E-state index contributed by atoms with van der Waals surface area (Å²) in [7, 11) is -3.63. The highest BCUT2D eigenvalue weighted by Crippen LogP contribution is 2.23. The van der Waals surface area contributed by atoms with E-state index in [-0.39, 0.29) is 22.6 Å². The maximum absolute atomic E-state index is 12.6. The highest BCUT2D eigenvalue weighted by atomic mass is 32.2. The molecule has 2 aromatic rings. The van der Waals surface area contributed by atoms with Gasteiger partial charge >= 0.3 is 0 Å². The third kappa shape index (κ3) is 3.53. The molecule has 1 aliphatic rings. The van der Waals surface area contributed by atoms with Crippen molar-refractivity contribution < 1.29 is 13.2 Å². The van der Waals surface area contributed by atoms with E-state index in [1.54, 1.807) is 42.7 Å². The number of aliphatic imine (C=N–C) groups is 1. The molecule has 8 heteroatoms. The van der Waals surface area contributed by atoms with Crippen molar-refractivity contribution in [2.24, 2.45) is 10.9 Å². The summed E-state index contributed by atoms with van der Waals surface area (Å²) in [6.07, 6.45) is 3.15. The van der Waals surface area contributed by atoms with Crippen molar-refractivity contribution in [1.29, 1.82) is 0 Å². The van der Waals surface area contributed by atoms with Crippen molar-refractivity contribution in [2.45, 2.75) is 24.8 Å². The van der Waals surface area contributed by atoms with E-state index >= 15 is 0 Å². The molecule has 0 aliphatic carbocycles. The van der Waals surface area contributed by atoms with Gasteiger partial charge in [0.05, 0.1) is 4.90 Å². The van der Waals surface area contributed by atoms with Crippen LogP contribution in [0.1, 0.15) is 19.4 Å². The lowest BCUT2D eigenvalue weighted by Gasteiger charge is -2.17. The predicted molar refractivity (Wildman–Crippen MR) is 94.8 cm³/mol. The van der Waals surface area contributed by atoms with Crippen LogP contribution in [0.25, 0.3) is 0 Å². The quantitative estimate of drug-likeness (QED) is 0.870. The number of nitrogens with one attached hydrogen (secondary N) is 2. The number of amides is 1. The van der Waals surface area contributed by atoms with Crippen LogP contribution in [-0.2, 0) is 14.8 Å². The van der Waals surface area contributed by atoms with Gasteiger partial charge < -0.3 is 5.32 Å². The number of anilines is 1. The highest BCUT2D eigenvalue weighted by Gasteiger charge is 2.32. The van der Waals surface area contributed by atoms with Gasteiger partial charge in [0, 0.05) is 23.6 Å². The number of fused-ring (bicyclic) bond motifs is 1. The molecule has 0 spiro atoms. The fraction of sp³-hybridized carbons (Fsp3) is 0.235. The number of carbonyl (C=O) groups excluding carboxylic acids is 1. The standard InChI is InChI=1S/C17H18N4O3S/c1-11(2)15(17(22)19-12-7-9-18-10-8-12)20-16-13-5-3-4-6-14(13)25(23,24)21-16/h3-11,15H,1-2H3,(H,20,21)(H,18,19,22)/t15-/m0/s1. The number of hydrogen-bond donors (Lipinski definition) is 2. The van der Waals surface area contributed by atoms with E-state index in [2.05, 4.69) is 20.0 Å². The van der Waals surface area contributed by atoms with Gasteiger partial charge in [-0.1, -0.05) is 26.0 Å². The summed E-state index contributed by atoms with van der Waals surface area (Å²) < 4.78 is 26.8. The Morgan fingerprint density at radius 1 is 1.16 bits per heavy atom. The molecule has 0 unspecified atom stereocenters. The molecule has 1 amide bonds. The minimum atomic E-state index is -3.63. The van der Waals surface area contributed by atoms with Crippen LogP contribution in [-0.4, -0.2) is 31.2 Å². The predicted octanol–water partition coefficient (Wildman–Crippen LogP) is 1.78. The number of hydrogen-bond acceptors (Lipinski definition) is 5. The molecule has 1 atom stereocenters. The van der Waals surface area contributed by atoms with Gasteiger partial charge in [-0.2, -0.15) is 0 Å². The van der Waals surface area contributed by atoms with Crippen molar-refractivity contribution in [3.8, 4) is 0 Å². The molecule has 25 heavy (non-hydrogen) atoms. The Labute approximate surface area is 146 Å². The number of amidine groups is 1. The molecule has 2 heterocycles. The molecule has 0 saturated heterocycles. The summed E-state index contributed by atoms with van der Waals surface area (Å²) in [5.74, 6) is -0.233. The smallest absolute Gasteiger partial charge is 0.263 e. The highest BCUT2D eigenvalue weighted by molar-refractivity contribution is 7.90. The van der Waals surface area contributed by atoms with Gasteiger partial charge in [-0.05, 0) is 30.2 Å². The first-order valence-electron chi connectivity index (χ1n) is 7.79. The number of sulfonamides is 1. The summed E-state index contributed by atoms with van der Waals surface area (Å²) in [5, 5.41) is 2.78. The van der Waals surface area contributed by atoms with Crippen LogP contribution in [0.4, 0.5) is 5.69 Å². The first-order chi connectivity index (χ1) is 11.9. The van der Waals surface area contributed by atoms with Crippen LogP contribution >= 0.6 is 0 Å². The van der Waals surface area contributed by atoms with Gasteiger partial charge in [0.1, 0.15) is 11.9 Å². The molecule has 1 aliphatic heterocycles. The molecular formula is C17H18N4O3S. The number of benzene rings is 1. The summed E-state index contributed by atoms with van der Waals surface area (Å²) >= 11 is 0. The summed E-state index contributed by atoms with van der Waals surface area (Å²) in [6.45, 7) is 3.71. The topological polar surface area (TPSA) is 101 Å². The molecule has 1 aromatic carbocycles. The lowest BCUT2D eigenvalue weighted by Crippen LogP contribution is -2.34. The molecule has 2 N–H and O–H groups in total. The van der Waals surface area contributed by atoms with Gasteiger partial charge in [0.2, 0.25) is 5.91 Å². The van der Waals surface area contributed by atoms with E-state index in [1.807, 2.05) is 13.8 Å². The normalized spacial score (nSPS) is 17.8. The number of rotatable bonds is 4. The summed E-state index contributed by atoms with van der Waals surface area (Å²) in [6, 6.07) is 9.18. The third-order valence-corrected chi connectivity index (χ3v) is 5.18. The Bertz CT molecular complexity index is 924. The van der Waals surface area contributed by atoms with Crippen LogP contribution in [0, 0.1) is 5.92 Å². The monoisotopic (exact) mass is 358 g/mol. The van der Waals surface area contributed by atoms with E-state index < -0.39 is 16.1 Å². The van der Waals surface area contributed by atoms with Crippen molar-refractivity contribution in [3.63, 3.8) is 0 Å². The number of carbonyl (C=O) groups is 1. The Balaban J connectivity index is 1.93. The van der Waals surface area contributed by atoms with Crippen LogP contribution in [0.15, 0.2) is 58.7 Å². The molecule has 0 fully saturated rings. The fourth-order valence-electron chi connectivity index (χ4n) is 2.53. The van der Waals surface area contributed by atoms with Crippen LogP contribution in [0.5, 0.6) is 0 Å². The Hall–Kier alpha value is -2.74. The van der Waals surface area contributed by atoms with Crippen LogP contribution in [0.3, 0.4) is 0 Å². The first kappa shape index (κ1) is 17.1. The van der Waals surface area contributed by atoms with E-state index in [0.717, 1.165) is 0 Å². The summed E-state index contributed by atoms with van der Waals surface area (Å²) in [4.78, 5) is 21.1. The maximum Gasteiger partial charge on any atom is 0.263 e. The van der Waals surface area contributed by atoms with Gasteiger partial charge in [-0.15, -0.1) is 0 Å². The van der Waals surface area contributed by atoms with Gasteiger partial charge in [-0.25, -0.2) is 8.42 Å². The fourth-order valence-corrected chi connectivity index (χ4v) is 3.77. The molecule has 0 radical (unpaired) electrons. The van der Waals surface area contributed by atoms with E-state index in [0.29, 0.717) is 11.3 Å². The zero-order valence-electron chi connectivity index (χ0n) is 13.8. The molecule has 130 valence electrons. The molecule has 3 rings (SSSR count). The van der Waals surface area contributed by atoms with E-state index in [9.17, 15) is 13.2 Å². The van der Waals surface area contributed by atoms with E-state index in [1.165, 1.54) is 6.07 Å². The summed E-state index contributed by atoms with van der Waals surface area (Å²) in [5.41, 5.74) is 1.09. The molecular weight excluding hydrogens is 340 g/mol. The largest absolute Gasteiger partial charge is 0.324 e. The number of pyridine rings is 1. The Morgan fingerprint density at radius 2 is 1.84 bits per heavy atom. The lowest BCUT2D eigenvalue weighted by molar-refractivity contribution is -0.118. The molecule has 1 aromatic heterocycles. The van der Waals surface area contributed by atoms with Crippen molar-refractivity contribution in [1.82, 2.24) is 9.71 Å². The maximum atomic E-state index is 12.6. The molecule has 0 saturated carbocycles. The van der Waals surface area contributed by atoms with Crippen LogP contribution < -0.4 is 10.0 Å². The second-order valence-corrected chi connectivity index (χ2v) is 7.64. The minimum absolute atomic E-state index is 0.119. The lowest BCUT2D eigenvalue weighted by atomic mass is 10.0. The Morgan fingerprint density at radius 3 is 2.52 bits per heavy atom. The van der Waals surface area contributed by atoms with Gasteiger partial charge in [0.25, 0.3) is 10.0 Å². The zero-order valence-corrected chi connectivity index (χ0v) is 14.6. The Kier molecular flexibility index (Phi) is 4.54. The third-order valence-electron chi connectivity index (χ3n) is 3.78. The van der Waals surface area contributed by atoms with Gasteiger partial charge in [0.15, 0.2) is 0 Å². The average Bonchev–Trinajstić information content (AvgIpc) is 2.84.